The summed E-state index contributed by atoms with van der Waals surface area (Å²) >= 11 is 7.02. The van der Waals surface area contributed by atoms with E-state index >= 15 is 0 Å². The van der Waals surface area contributed by atoms with Crippen molar-refractivity contribution in [2.24, 2.45) is 10.7 Å². The number of nitrogens with zero attached hydrogens (tertiary/aromatic N) is 3. The molecular weight excluding hydrogens is 475 g/mol. The number of aliphatic imine (C=N–C) groups is 1. The molecule has 1 fully saturated rings. The second-order valence-corrected chi connectivity index (χ2v) is 9.34. The first-order valence-corrected chi connectivity index (χ1v) is 11.2. The number of hydrogen-bond acceptors (Lipinski definition) is 5. The van der Waals surface area contributed by atoms with Crippen LogP contribution in [0.5, 0.6) is 0 Å². The number of carbonyl (C=O) groups is 1. The molecule has 1 aromatic heterocycles. The maximum Gasteiger partial charge on any atom is 0.416 e. The molecular formula is C22H17ClF3N5OS. The second kappa shape index (κ2) is 8.19. The van der Waals surface area contributed by atoms with Crippen LogP contribution in [-0.4, -0.2) is 45.3 Å². The molecule has 5 rings (SSSR count). The number of rotatable bonds is 3. The number of alkyl halides is 3. The highest BCUT2D eigenvalue weighted by Gasteiger charge is 2.36. The van der Waals surface area contributed by atoms with Gasteiger partial charge >= 0.3 is 6.18 Å². The summed E-state index contributed by atoms with van der Waals surface area (Å²) in [6.45, 7) is 1.16. The first kappa shape index (κ1) is 22.0. The van der Waals surface area contributed by atoms with Crippen molar-refractivity contribution in [1.82, 2.24) is 15.1 Å². The van der Waals surface area contributed by atoms with E-state index in [1.54, 1.807) is 24.4 Å². The van der Waals surface area contributed by atoms with E-state index in [1.807, 2.05) is 4.90 Å². The molecule has 3 heterocycles. The molecule has 2 aromatic carbocycles. The van der Waals surface area contributed by atoms with E-state index in [1.165, 1.54) is 23.9 Å². The summed E-state index contributed by atoms with van der Waals surface area (Å²) in [4.78, 5) is 19.2. The molecule has 33 heavy (non-hydrogen) atoms. The predicted molar refractivity (Wildman–Crippen MR) is 123 cm³/mol. The summed E-state index contributed by atoms with van der Waals surface area (Å²) in [7, 11) is 0. The van der Waals surface area contributed by atoms with Crippen molar-refractivity contribution in [1.29, 1.82) is 0 Å². The van der Waals surface area contributed by atoms with Crippen molar-refractivity contribution in [2.45, 2.75) is 18.6 Å². The molecule has 2 aliphatic rings. The Labute approximate surface area is 195 Å². The highest BCUT2D eigenvalue weighted by molar-refractivity contribution is 8.18. The van der Waals surface area contributed by atoms with E-state index in [0.717, 1.165) is 17.0 Å². The Morgan fingerprint density at radius 3 is 2.76 bits per heavy atom. The van der Waals surface area contributed by atoms with Crippen LogP contribution in [0.1, 0.15) is 16.7 Å². The van der Waals surface area contributed by atoms with Gasteiger partial charge < -0.3 is 10.6 Å². The summed E-state index contributed by atoms with van der Waals surface area (Å²) in [5.41, 5.74) is 6.90. The molecule has 3 N–H and O–H groups in total. The summed E-state index contributed by atoms with van der Waals surface area (Å²) in [5.74, 6) is -0.472. The average molecular weight is 492 g/mol. The van der Waals surface area contributed by atoms with Crippen LogP contribution < -0.4 is 5.73 Å². The van der Waals surface area contributed by atoms with Crippen molar-refractivity contribution in [3.63, 3.8) is 0 Å². The molecule has 2 aliphatic heterocycles. The number of thioether (sulfide) groups is 1. The fourth-order valence-electron chi connectivity index (χ4n) is 3.89. The van der Waals surface area contributed by atoms with Crippen molar-refractivity contribution >= 4 is 50.9 Å². The van der Waals surface area contributed by atoms with Gasteiger partial charge in [-0.1, -0.05) is 23.7 Å². The Morgan fingerprint density at radius 2 is 2.03 bits per heavy atom. The lowest BCUT2D eigenvalue weighted by Crippen LogP contribution is -2.56. The Hall–Kier alpha value is -2.82. The number of nitrogens with two attached hydrogens (primary N) is 1. The van der Waals surface area contributed by atoms with E-state index in [4.69, 9.17) is 17.3 Å². The van der Waals surface area contributed by atoms with Gasteiger partial charge in [0.1, 0.15) is 0 Å². The lowest BCUT2D eigenvalue weighted by molar-refractivity contribution is -0.138. The molecule has 0 atom stereocenters. The van der Waals surface area contributed by atoms with E-state index in [0.29, 0.717) is 34.3 Å². The van der Waals surface area contributed by atoms with E-state index in [9.17, 15) is 18.0 Å². The molecule has 6 nitrogen and oxygen atoms in total. The zero-order chi connectivity index (χ0) is 23.3. The van der Waals surface area contributed by atoms with Gasteiger partial charge in [-0.15, -0.1) is 0 Å². The number of H-pyrrole nitrogens is 1. The number of benzene rings is 2. The van der Waals surface area contributed by atoms with Gasteiger partial charge in [-0.25, -0.2) is 0 Å². The molecule has 1 saturated heterocycles. The zero-order valence-corrected chi connectivity index (χ0v) is 18.6. The zero-order valence-electron chi connectivity index (χ0n) is 17.0. The molecule has 0 saturated carbocycles. The highest BCUT2D eigenvalue weighted by atomic mass is 35.5. The van der Waals surface area contributed by atoms with Crippen LogP contribution in [-0.2, 0) is 17.4 Å². The van der Waals surface area contributed by atoms with Crippen LogP contribution in [0.15, 0.2) is 52.5 Å². The van der Waals surface area contributed by atoms with Gasteiger partial charge in [0, 0.05) is 29.5 Å². The maximum atomic E-state index is 13.8. The highest BCUT2D eigenvalue weighted by Crippen LogP contribution is 2.41. The molecule has 0 spiro atoms. The molecule has 3 aromatic rings. The number of aromatic amines is 1. The minimum absolute atomic E-state index is 0.00819. The number of likely N-dealkylation sites (tertiary alicyclic amines) is 1. The van der Waals surface area contributed by atoms with Gasteiger partial charge in [0.2, 0.25) is 0 Å². The van der Waals surface area contributed by atoms with Crippen molar-refractivity contribution < 1.29 is 18.0 Å². The molecule has 1 amide bonds. The Morgan fingerprint density at radius 1 is 1.24 bits per heavy atom. The van der Waals surface area contributed by atoms with Crippen LogP contribution in [0.4, 0.5) is 13.2 Å². The monoisotopic (exact) mass is 491 g/mol. The molecule has 0 aliphatic carbocycles. The quantitative estimate of drug-likeness (QED) is 0.528. The summed E-state index contributed by atoms with van der Waals surface area (Å²) < 4.78 is 41.3. The minimum Gasteiger partial charge on any atom is -0.348 e. The fourth-order valence-corrected chi connectivity index (χ4v) is 5.10. The fraction of sp³-hybridized carbons (Fsp3) is 0.227. The average Bonchev–Trinajstić information content (AvgIpc) is 3.35. The maximum absolute atomic E-state index is 13.8. The topological polar surface area (TPSA) is 87.4 Å². The second-order valence-electron chi connectivity index (χ2n) is 7.92. The standard InChI is InChI=1S/C22H17ClF3N5OS/c23-14-3-1-12(17(7-14)22(24,25)26)6-16(11-2-4-18-13(5-11)8-28-30-18)19-20(32)29-21(33-19)31-9-15(27)10-31/h1-5,7-8,15H,6,9-10,27H2,(H,28,30). The lowest BCUT2D eigenvalue weighted by atomic mass is 9.93. The third-order valence-electron chi connectivity index (χ3n) is 5.57. The van der Waals surface area contributed by atoms with Gasteiger partial charge in [-0.05, 0) is 59.1 Å². The number of halogens is 4. The smallest absolute Gasteiger partial charge is 0.348 e. The Balaban J connectivity index is 1.60. The van der Waals surface area contributed by atoms with Crippen molar-refractivity contribution in [3.8, 4) is 0 Å². The molecule has 11 heteroatoms. The van der Waals surface area contributed by atoms with E-state index in [2.05, 4.69) is 15.2 Å². The normalized spacial score (nSPS) is 18.6. The van der Waals surface area contributed by atoms with Crippen LogP contribution >= 0.6 is 23.4 Å². The van der Waals surface area contributed by atoms with E-state index < -0.39 is 17.6 Å². The van der Waals surface area contributed by atoms with Gasteiger partial charge in [0.05, 0.1) is 22.2 Å². The van der Waals surface area contributed by atoms with Crippen LogP contribution in [0.3, 0.4) is 0 Å². The number of fused-ring (bicyclic) bond motifs is 1. The van der Waals surface area contributed by atoms with Crippen molar-refractivity contribution in [3.05, 3.63) is 69.2 Å². The first-order valence-electron chi connectivity index (χ1n) is 10.0. The van der Waals surface area contributed by atoms with Gasteiger partial charge in [-0.3, -0.25) is 9.89 Å². The number of allylic oxidation sites excluding steroid dienone is 1. The number of amidine groups is 1. The van der Waals surface area contributed by atoms with Crippen LogP contribution in [0, 0.1) is 0 Å². The van der Waals surface area contributed by atoms with Crippen LogP contribution in [0.25, 0.3) is 16.5 Å². The lowest BCUT2D eigenvalue weighted by Gasteiger charge is -2.37. The number of amides is 1. The number of carbonyl (C=O) groups excluding carboxylic acids is 1. The molecule has 170 valence electrons. The summed E-state index contributed by atoms with van der Waals surface area (Å²) in [6.07, 6.45) is -3.09. The van der Waals surface area contributed by atoms with E-state index in [-0.39, 0.29) is 23.0 Å². The molecule has 0 bridgehead atoms. The summed E-state index contributed by atoms with van der Waals surface area (Å²) in [5, 5.41) is 8.14. The SMILES string of the molecule is NC1CN(C2=NC(=O)C(=C(Cc3ccc(Cl)cc3C(F)(F)F)c3ccc4[nH]ncc4c3)S2)C1. The molecule has 0 unspecified atom stereocenters. The third kappa shape index (κ3) is 4.25. The largest absolute Gasteiger partial charge is 0.416 e. The van der Waals surface area contributed by atoms with Crippen molar-refractivity contribution in [2.75, 3.05) is 13.1 Å². The Kier molecular flexibility index (Phi) is 5.46. The molecule has 0 radical (unpaired) electrons. The van der Waals surface area contributed by atoms with Crippen LogP contribution in [0.2, 0.25) is 5.02 Å². The van der Waals surface area contributed by atoms with Gasteiger partial charge in [0.15, 0.2) is 5.17 Å². The number of aromatic nitrogens is 2. The minimum atomic E-state index is -4.59. The predicted octanol–water partition coefficient (Wildman–Crippen LogP) is 4.46. The number of hydrogen-bond donors (Lipinski definition) is 2. The van der Waals surface area contributed by atoms with Gasteiger partial charge in [-0.2, -0.15) is 23.3 Å². The van der Waals surface area contributed by atoms with Gasteiger partial charge in [0.25, 0.3) is 5.91 Å². The third-order valence-corrected chi connectivity index (χ3v) is 6.96. The number of nitrogens with one attached hydrogen (secondary N) is 1. The summed E-state index contributed by atoms with van der Waals surface area (Å²) in [6, 6.07) is 9.04. The first-order chi connectivity index (χ1) is 15.7. The Bertz CT molecular complexity index is 1330.